The Hall–Kier alpha value is -3.24. The van der Waals surface area contributed by atoms with E-state index in [9.17, 15) is 19.2 Å². The normalized spacial score (nSPS) is 15.4. The largest absolute Gasteiger partial charge is 0.459 e. The Bertz CT molecular complexity index is 1140. The molecule has 1 aromatic carbocycles. The van der Waals surface area contributed by atoms with Crippen LogP contribution in [0, 0.1) is 0 Å². The van der Waals surface area contributed by atoms with Gasteiger partial charge in [-0.1, -0.05) is 18.2 Å². The first kappa shape index (κ1) is 27.3. The molecular formula is C26H31NO8S. The van der Waals surface area contributed by atoms with Crippen molar-refractivity contribution in [2.75, 3.05) is 11.9 Å². The maximum absolute atomic E-state index is 13.1. The molecule has 2 heterocycles. The van der Waals surface area contributed by atoms with Crippen LogP contribution in [0.5, 0.6) is 0 Å². The predicted octanol–water partition coefficient (Wildman–Crippen LogP) is 4.28. The van der Waals surface area contributed by atoms with Crippen molar-refractivity contribution in [2.45, 2.75) is 71.9 Å². The molecule has 1 aliphatic rings. The van der Waals surface area contributed by atoms with Crippen LogP contribution in [-0.2, 0) is 41.6 Å². The van der Waals surface area contributed by atoms with E-state index >= 15 is 0 Å². The van der Waals surface area contributed by atoms with Crippen molar-refractivity contribution in [1.29, 1.82) is 0 Å². The second-order valence-electron chi connectivity index (χ2n) is 10.3. The highest BCUT2D eigenvalue weighted by atomic mass is 32.1. The summed E-state index contributed by atoms with van der Waals surface area (Å²) in [6.07, 6.45) is -0.250. The van der Waals surface area contributed by atoms with Crippen molar-refractivity contribution in [3.63, 3.8) is 0 Å². The third-order valence-corrected chi connectivity index (χ3v) is 5.92. The molecule has 0 bridgehead atoms. The van der Waals surface area contributed by atoms with Crippen molar-refractivity contribution in [3.8, 4) is 0 Å². The number of amides is 1. The molecule has 10 heteroatoms. The summed E-state index contributed by atoms with van der Waals surface area (Å²) >= 11 is 1.13. The molecule has 9 nitrogen and oxygen atoms in total. The fraction of sp³-hybridized carbons (Fsp3) is 0.462. The second-order valence-corrected chi connectivity index (χ2v) is 11.4. The Morgan fingerprint density at radius 2 is 1.61 bits per heavy atom. The molecule has 0 saturated heterocycles. The van der Waals surface area contributed by atoms with Gasteiger partial charge in [0.25, 0.3) is 0 Å². The first-order valence-corrected chi connectivity index (χ1v) is 12.3. The van der Waals surface area contributed by atoms with Crippen LogP contribution in [0.1, 0.15) is 72.7 Å². The number of thiophene rings is 1. The molecule has 0 fully saturated rings. The molecule has 1 unspecified atom stereocenters. The fourth-order valence-corrected chi connectivity index (χ4v) is 4.50. The lowest BCUT2D eigenvalue weighted by Crippen LogP contribution is -2.33. The Morgan fingerprint density at radius 3 is 2.22 bits per heavy atom. The first-order valence-electron chi connectivity index (χ1n) is 11.5. The molecule has 2 aromatic rings. The minimum atomic E-state index is -1.06. The van der Waals surface area contributed by atoms with Gasteiger partial charge in [-0.25, -0.2) is 14.4 Å². The van der Waals surface area contributed by atoms with Crippen molar-refractivity contribution in [1.82, 2.24) is 0 Å². The maximum Gasteiger partial charge on any atom is 0.397 e. The van der Waals surface area contributed by atoms with Crippen molar-refractivity contribution in [3.05, 3.63) is 51.9 Å². The summed E-state index contributed by atoms with van der Waals surface area (Å²) in [6, 6.07) is 8.59. The zero-order valence-electron chi connectivity index (χ0n) is 21.3. The van der Waals surface area contributed by atoms with Crippen LogP contribution in [0.15, 0.2) is 30.3 Å². The van der Waals surface area contributed by atoms with Gasteiger partial charge in [-0.15, -0.1) is 11.3 Å². The fourth-order valence-electron chi connectivity index (χ4n) is 3.37. The molecule has 0 radical (unpaired) electrons. The molecule has 0 spiro atoms. The number of hydrogen-bond acceptors (Lipinski definition) is 9. The number of esters is 3. The van der Waals surface area contributed by atoms with E-state index < -0.39 is 41.1 Å². The number of fused-ring (bicyclic) bond motifs is 1. The van der Waals surface area contributed by atoms with Crippen LogP contribution >= 0.6 is 11.3 Å². The number of rotatable bonds is 5. The van der Waals surface area contributed by atoms with Crippen LogP contribution in [-0.4, -0.2) is 47.7 Å². The van der Waals surface area contributed by atoms with E-state index in [1.165, 1.54) is 0 Å². The summed E-state index contributed by atoms with van der Waals surface area (Å²) in [6.45, 7) is 10.3. The van der Waals surface area contributed by atoms with Crippen LogP contribution in [0.4, 0.5) is 5.00 Å². The number of carbonyl (C=O) groups is 4. The zero-order chi connectivity index (χ0) is 26.7. The average molecular weight is 518 g/mol. The third kappa shape index (κ3) is 7.38. The van der Waals surface area contributed by atoms with E-state index in [4.69, 9.17) is 18.9 Å². The Morgan fingerprint density at radius 1 is 0.972 bits per heavy atom. The highest BCUT2D eigenvalue weighted by molar-refractivity contribution is 7.17. The minimum Gasteiger partial charge on any atom is -0.459 e. The van der Waals surface area contributed by atoms with Gasteiger partial charge in [-0.05, 0) is 59.2 Å². The molecule has 36 heavy (non-hydrogen) atoms. The summed E-state index contributed by atoms with van der Waals surface area (Å²) in [7, 11) is 0. The summed E-state index contributed by atoms with van der Waals surface area (Å²) in [5.74, 6) is -3.18. The van der Waals surface area contributed by atoms with E-state index in [0.29, 0.717) is 16.0 Å². The van der Waals surface area contributed by atoms with Gasteiger partial charge in [-0.3, -0.25) is 4.79 Å². The van der Waals surface area contributed by atoms with Gasteiger partial charge < -0.3 is 24.3 Å². The van der Waals surface area contributed by atoms with Gasteiger partial charge in [0.2, 0.25) is 0 Å². The molecule has 0 aliphatic carbocycles. The first-order chi connectivity index (χ1) is 16.7. The van der Waals surface area contributed by atoms with Gasteiger partial charge >= 0.3 is 23.8 Å². The molecule has 194 valence electrons. The van der Waals surface area contributed by atoms with Gasteiger partial charge in [0.15, 0.2) is 0 Å². The number of nitrogens with one attached hydrogen (secondary N) is 1. The SMILES string of the molecule is CC(C)(C)OC(=O)C(=O)Nc1sc2c(c1C(=O)OC(C)(C)C)CC(COC(=O)c1ccccc1)OC2. The predicted molar refractivity (Wildman–Crippen MR) is 133 cm³/mol. The highest BCUT2D eigenvalue weighted by Crippen LogP contribution is 2.39. The number of benzene rings is 1. The number of ether oxygens (including phenoxy) is 4. The van der Waals surface area contributed by atoms with E-state index in [1.54, 1.807) is 71.9 Å². The van der Waals surface area contributed by atoms with Crippen LogP contribution < -0.4 is 5.32 Å². The third-order valence-electron chi connectivity index (χ3n) is 4.80. The quantitative estimate of drug-likeness (QED) is 0.355. The Labute approximate surface area is 214 Å². The number of carbonyl (C=O) groups excluding carboxylic acids is 4. The van der Waals surface area contributed by atoms with Crippen molar-refractivity contribution < 1.29 is 38.1 Å². The van der Waals surface area contributed by atoms with Crippen LogP contribution in [0.2, 0.25) is 0 Å². The molecular weight excluding hydrogens is 486 g/mol. The zero-order valence-corrected chi connectivity index (χ0v) is 22.1. The molecule has 0 saturated carbocycles. The van der Waals surface area contributed by atoms with Crippen molar-refractivity contribution >= 4 is 40.2 Å². The smallest absolute Gasteiger partial charge is 0.397 e. The number of hydrogen-bond donors (Lipinski definition) is 1. The summed E-state index contributed by atoms with van der Waals surface area (Å²) in [5, 5.41) is 2.68. The van der Waals surface area contributed by atoms with E-state index in [1.807, 2.05) is 0 Å². The Balaban J connectivity index is 1.81. The monoisotopic (exact) mass is 517 g/mol. The molecule has 1 aliphatic heterocycles. The molecule has 3 rings (SSSR count). The van der Waals surface area contributed by atoms with Gasteiger partial charge in [0.1, 0.15) is 22.8 Å². The lowest BCUT2D eigenvalue weighted by atomic mass is 10.0. The van der Waals surface area contributed by atoms with Crippen molar-refractivity contribution in [2.24, 2.45) is 0 Å². The van der Waals surface area contributed by atoms with Gasteiger partial charge in [-0.2, -0.15) is 0 Å². The van der Waals surface area contributed by atoms with E-state index in [-0.39, 0.29) is 30.2 Å². The highest BCUT2D eigenvalue weighted by Gasteiger charge is 2.34. The summed E-state index contributed by atoms with van der Waals surface area (Å²) in [4.78, 5) is 50.9. The standard InChI is InChI=1S/C26H31NO8S/c1-25(2,3)34-23(30)19-17-12-16(13-33-22(29)15-10-8-7-9-11-15)32-14-18(17)36-21(19)27-20(28)24(31)35-26(4,5)6/h7-11,16H,12-14H2,1-6H3,(H,27,28). The molecule has 1 N–H and O–H groups in total. The lowest BCUT2D eigenvalue weighted by molar-refractivity contribution is -0.161. The van der Waals surface area contributed by atoms with Crippen LogP contribution in [0.25, 0.3) is 0 Å². The van der Waals surface area contributed by atoms with Gasteiger partial charge in [0.05, 0.1) is 23.8 Å². The lowest BCUT2D eigenvalue weighted by Gasteiger charge is -2.24. The summed E-state index contributed by atoms with van der Waals surface area (Å²) in [5.41, 5.74) is -0.430. The van der Waals surface area contributed by atoms with E-state index in [2.05, 4.69) is 5.32 Å². The topological polar surface area (TPSA) is 117 Å². The minimum absolute atomic E-state index is 0.0175. The van der Waals surface area contributed by atoms with E-state index in [0.717, 1.165) is 11.3 Å². The molecule has 1 aromatic heterocycles. The Kier molecular flexibility index (Phi) is 8.20. The molecule has 1 amide bonds. The second kappa shape index (κ2) is 10.8. The molecule has 1 atom stereocenters. The van der Waals surface area contributed by atoms with Gasteiger partial charge in [0, 0.05) is 11.3 Å². The van der Waals surface area contributed by atoms with Crippen LogP contribution in [0.3, 0.4) is 0 Å². The number of anilines is 1. The summed E-state index contributed by atoms with van der Waals surface area (Å²) < 4.78 is 21.9. The average Bonchev–Trinajstić information content (AvgIpc) is 3.12. The maximum atomic E-state index is 13.1.